The van der Waals surface area contributed by atoms with E-state index in [-0.39, 0.29) is 24.4 Å². The van der Waals surface area contributed by atoms with Crippen molar-refractivity contribution in [2.45, 2.75) is 26.3 Å². The van der Waals surface area contributed by atoms with E-state index in [4.69, 9.17) is 0 Å². The third-order valence-corrected chi connectivity index (χ3v) is 4.41. The first-order chi connectivity index (χ1) is 10.3. The molecule has 130 valence electrons. The highest BCUT2D eigenvalue weighted by molar-refractivity contribution is 7.92. The van der Waals surface area contributed by atoms with Gasteiger partial charge in [0, 0.05) is 6.04 Å². The van der Waals surface area contributed by atoms with Crippen LogP contribution in [0.5, 0.6) is 0 Å². The van der Waals surface area contributed by atoms with Crippen molar-refractivity contribution in [3.8, 4) is 0 Å². The molecule has 1 fully saturated rings. The quantitative estimate of drug-likeness (QED) is 0.758. The molecule has 2 rings (SSSR count). The molecule has 1 aromatic rings. The first-order valence-electron chi connectivity index (χ1n) is 7.36. The predicted molar refractivity (Wildman–Crippen MR) is 94.8 cm³/mol. The number of benzene rings is 1. The molecular formula is C15H24ClN3O3S. The Balaban J connectivity index is 0.00000264. The lowest BCUT2D eigenvalue weighted by Crippen LogP contribution is -2.48. The van der Waals surface area contributed by atoms with Crippen LogP contribution in [0.4, 0.5) is 5.69 Å². The van der Waals surface area contributed by atoms with Crippen LogP contribution in [0.15, 0.2) is 18.2 Å². The third kappa shape index (κ3) is 5.67. The van der Waals surface area contributed by atoms with E-state index in [9.17, 15) is 13.2 Å². The summed E-state index contributed by atoms with van der Waals surface area (Å²) in [6.45, 7) is 5.70. The zero-order valence-electron chi connectivity index (χ0n) is 13.5. The predicted octanol–water partition coefficient (Wildman–Crippen LogP) is 1.52. The van der Waals surface area contributed by atoms with Crippen LogP contribution in [0.25, 0.3) is 0 Å². The van der Waals surface area contributed by atoms with Crippen LogP contribution >= 0.6 is 12.4 Å². The molecule has 0 saturated carbocycles. The number of aryl methyl sites for hydroxylation is 1. The largest absolute Gasteiger partial charge is 0.349 e. The van der Waals surface area contributed by atoms with Gasteiger partial charge in [-0.15, -0.1) is 12.4 Å². The zero-order chi connectivity index (χ0) is 16.3. The molecule has 1 aromatic carbocycles. The van der Waals surface area contributed by atoms with Crippen molar-refractivity contribution in [1.82, 2.24) is 10.6 Å². The molecule has 0 radical (unpaired) electrons. The standard InChI is InChI=1S/C15H23N3O3S.ClH/c1-10-4-5-14(18-22(3,20)21)12(8-10)15(19)17-13-6-7-16-9-11(13)2;/h4-5,8,11,13,16,18H,6-7,9H2,1-3H3,(H,17,19);1H. The number of carbonyl (C=O) groups excluding carboxylic acids is 1. The van der Waals surface area contributed by atoms with Gasteiger partial charge in [0.15, 0.2) is 0 Å². The molecular weight excluding hydrogens is 338 g/mol. The Labute approximate surface area is 143 Å². The Morgan fingerprint density at radius 3 is 2.65 bits per heavy atom. The fourth-order valence-corrected chi connectivity index (χ4v) is 3.19. The van der Waals surface area contributed by atoms with Crippen LogP contribution in [0.1, 0.15) is 29.3 Å². The molecule has 0 bridgehead atoms. The summed E-state index contributed by atoms with van der Waals surface area (Å²) in [7, 11) is -3.43. The number of amides is 1. The van der Waals surface area contributed by atoms with Gasteiger partial charge in [0.05, 0.1) is 17.5 Å². The molecule has 1 saturated heterocycles. The lowest BCUT2D eigenvalue weighted by atomic mass is 9.95. The van der Waals surface area contributed by atoms with Gasteiger partial charge in [-0.3, -0.25) is 9.52 Å². The van der Waals surface area contributed by atoms with E-state index in [1.165, 1.54) is 0 Å². The Kier molecular flexibility index (Phi) is 6.85. The van der Waals surface area contributed by atoms with E-state index in [1.54, 1.807) is 18.2 Å². The molecule has 1 aliphatic rings. The van der Waals surface area contributed by atoms with Crippen molar-refractivity contribution in [1.29, 1.82) is 0 Å². The van der Waals surface area contributed by atoms with Gasteiger partial charge < -0.3 is 10.6 Å². The number of nitrogens with one attached hydrogen (secondary N) is 3. The summed E-state index contributed by atoms with van der Waals surface area (Å²) in [6.07, 6.45) is 1.94. The van der Waals surface area contributed by atoms with Crippen LogP contribution in [0, 0.1) is 12.8 Å². The molecule has 23 heavy (non-hydrogen) atoms. The monoisotopic (exact) mass is 361 g/mol. The lowest BCUT2D eigenvalue weighted by molar-refractivity contribution is 0.0915. The van der Waals surface area contributed by atoms with Crippen LogP contribution < -0.4 is 15.4 Å². The molecule has 3 N–H and O–H groups in total. The summed E-state index contributed by atoms with van der Waals surface area (Å²) in [4.78, 5) is 12.6. The SMILES string of the molecule is Cc1ccc(NS(C)(=O)=O)c(C(=O)NC2CCNCC2C)c1.Cl. The Bertz CT molecular complexity index is 664. The van der Waals surface area contributed by atoms with Gasteiger partial charge in [-0.2, -0.15) is 0 Å². The second-order valence-corrected chi connectivity index (χ2v) is 7.72. The van der Waals surface area contributed by atoms with Crippen molar-refractivity contribution < 1.29 is 13.2 Å². The normalized spacial score (nSPS) is 21.2. The van der Waals surface area contributed by atoms with E-state index < -0.39 is 10.0 Å². The maximum Gasteiger partial charge on any atom is 0.253 e. The highest BCUT2D eigenvalue weighted by atomic mass is 35.5. The molecule has 6 nitrogen and oxygen atoms in total. The van der Waals surface area contributed by atoms with Crippen LogP contribution in [-0.2, 0) is 10.0 Å². The summed E-state index contributed by atoms with van der Waals surface area (Å²) < 4.78 is 25.3. The number of halogens is 1. The summed E-state index contributed by atoms with van der Waals surface area (Å²) in [5.74, 6) is 0.0995. The molecule has 0 aliphatic carbocycles. The molecule has 1 aliphatic heterocycles. The number of rotatable bonds is 4. The van der Waals surface area contributed by atoms with Crippen molar-refractivity contribution in [3.05, 3.63) is 29.3 Å². The maximum absolute atomic E-state index is 12.6. The van der Waals surface area contributed by atoms with E-state index in [1.807, 2.05) is 6.92 Å². The topological polar surface area (TPSA) is 87.3 Å². The van der Waals surface area contributed by atoms with Crippen LogP contribution in [0.3, 0.4) is 0 Å². The number of hydrogen-bond acceptors (Lipinski definition) is 4. The van der Waals surface area contributed by atoms with E-state index in [2.05, 4.69) is 22.3 Å². The van der Waals surface area contributed by atoms with Crippen molar-refractivity contribution >= 4 is 34.0 Å². The van der Waals surface area contributed by atoms with Gasteiger partial charge in [0.25, 0.3) is 5.91 Å². The van der Waals surface area contributed by atoms with E-state index >= 15 is 0 Å². The molecule has 0 spiro atoms. The van der Waals surface area contributed by atoms with Crippen molar-refractivity contribution in [2.24, 2.45) is 5.92 Å². The third-order valence-electron chi connectivity index (χ3n) is 3.82. The van der Waals surface area contributed by atoms with Gasteiger partial charge in [-0.25, -0.2) is 8.42 Å². The zero-order valence-corrected chi connectivity index (χ0v) is 15.2. The van der Waals surface area contributed by atoms with Crippen molar-refractivity contribution in [3.63, 3.8) is 0 Å². The Morgan fingerprint density at radius 1 is 1.35 bits per heavy atom. The summed E-state index contributed by atoms with van der Waals surface area (Å²) in [5.41, 5.74) is 1.57. The van der Waals surface area contributed by atoms with Gasteiger partial charge in [0.1, 0.15) is 0 Å². The van der Waals surface area contributed by atoms with Crippen molar-refractivity contribution in [2.75, 3.05) is 24.1 Å². The first-order valence-corrected chi connectivity index (χ1v) is 9.25. The molecule has 2 unspecified atom stereocenters. The average molecular weight is 362 g/mol. The minimum absolute atomic E-state index is 0. The fraction of sp³-hybridized carbons (Fsp3) is 0.533. The lowest BCUT2D eigenvalue weighted by Gasteiger charge is -2.30. The molecule has 8 heteroatoms. The van der Waals surface area contributed by atoms with Gasteiger partial charge in [-0.05, 0) is 44.5 Å². The van der Waals surface area contributed by atoms with E-state index in [0.29, 0.717) is 17.2 Å². The smallest absolute Gasteiger partial charge is 0.253 e. The van der Waals surface area contributed by atoms with E-state index in [0.717, 1.165) is 31.3 Å². The van der Waals surface area contributed by atoms with Crippen LogP contribution in [0.2, 0.25) is 0 Å². The minimum Gasteiger partial charge on any atom is -0.349 e. The average Bonchev–Trinajstić information content (AvgIpc) is 2.42. The second kappa shape index (κ2) is 7.99. The van der Waals surface area contributed by atoms with Gasteiger partial charge >= 0.3 is 0 Å². The number of hydrogen-bond donors (Lipinski definition) is 3. The Hall–Kier alpha value is -1.31. The highest BCUT2D eigenvalue weighted by Crippen LogP contribution is 2.20. The summed E-state index contributed by atoms with van der Waals surface area (Å²) >= 11 is 0. The number of sulfonamides is 1. The number of anilines is 1. The van der Waals surface area contributed by atoms with Crippen LogP contribution in [-0.4, -0.2) is 39.7 Å². The molecule has 2 atom stereocenters. The number of piperidine rings is 1. The maximum atomic E-state index is 12.6. The second-order valence-electron chi connectivity index (χ2n) is 5.97. The molecule has 1 heterocycles. The first kappa shape index (κ1) is 19.7. The van der Waals surface area contributed by atoms with Gasteiger partial charge in [0.2, 0.25) is 10.0 Å². The van der Waals surface area contributed by atoms with Gasteiger partial charge in [-0.1, -0.05) is 18.6 Å². The molecule has 1 amide bonds. The number of carbonyl (C=O) groups is 1. The summed E-state index contributed by atoms with van der Waals surface area (Å²) in [6, 6.07) is 5.20. The molecule has 0 aromatic heterocycles. The Morgan fingerprint density at radius 2 is 2.04 bits per heavy atom. The fourth-order valence-electron chi connectivity index (χ4n) is 2.61. The highest BCUT2D eigenvalue weighted by Gasteiger charge is 2.24. The summed E-state index contributed by atoms with van der Waals surface area (Å²) in [5, 5.41) is 6.31. The minimum atomic E-state index is -3.43.